The highest BCUT2D eigenvalue weighted by Crippen LogP contribution is 2.34. The van der Waals surface area contributed by atoms with E-state index in [0.29, 0.717) is 19.6 Å². The van der Waals surface area contributed by atoms with Crippen LogP contribution in [0.2, 0.25) is 0 Å². The maximum Gasteiger partial charge on any atom is 0.227 e. The zero-order valence-electron chi connectivity index (χ0n) is 19.0. The molecule has 3 aromatic carbocycles. The van der Waals surface area contributed by atoms with Crippen LogP contribution in [0.25, 0.3) is 11.0 Å². The highest BCUT2D eigenvalue weighted by atomic mass is 16.5. The molecule has 1 atom stereocenters. The van der Waals surface area contributed by atoms with E-state index in [1.807, 2.05) is 42.2 Å². The summed E-state index contributed by atoms with van der Waals surface area (Å²) < 4.78 is 7.87. The quantitative estimate of drug-likeness (QED) is 0.360. The third-order valence-corrected chi connectivity index (χ3v) is 6.32. The first kappa shape index (κ1) is 21.3. The molecule has 168 valence electrons. The number of hydrogen-bond donors (Lipinski definition) is 0. The Morgan fingerprint density at radius 1 is 0.970 bits per heavy atom. The summed E-state index contributed by atoms with van der Waals surface area (Å²) >= 11 is 0. The van der Waals surface area contributed by atoms with Gasteiger partial charge in [-0.2, -0.15) is 0 Å². The molecule has 1 aliphatic heterocycles. The number of imidazole rings is 1. The minimum atomic E-state index is 0.0770. The molecule has 0 N–H and O–H groups in total. The molecule has 33 heavy (non-hydrogen) atoms. The van der Waals surface area contributed by atoms with Gasteiger partial charge in [-0.15, -0.1) is 0 Å². The molecule has 5 heteroatoms. The molecule has 0 spiro atoms. The first-order valence-corrected chi connectivity index (χ1v) is 11.7. The van der Waals surface area contributed by atoms with Gasteiger partial charge in [0.2, 0.25) is 5.91 Å². The van der Waals surface area contributed by atoms with Crippen molar-refractivity contribution in [2.75, 3.05) is 18.1 Å². The van der Waals surface area contributed by atoms with Crippen molar-refractivity contribution in [1.29, 1.82) is 0 Å². The molecule has 1 aliphatic rings. The maximum absolute atomic E-state index is 13.0. The van der Waals surface area contributed by atoms with E-state index in [2.05, 4.69) is 53.1 Å². The van der Waals surface area contributed by atoms with E-state index < -0.39 is 0 Å². The van der Waals surface area contributed by atoms with Crippen LogP contribution in [0.4, 0.5) is 5.69 Å². The Balaban J connectivity index is 1.37. The van der Waals surface area contributed by atoms with Gasteiger partial charge in [-0.1, -0.05) is 42.5 Å². The van der Waals surface area contributed by atoms with Crippen molar-refractivity contribution in [2.45, 2.75) is 38.6 Å². The summed E-state index contributed by atoms with van der Waals surface area (Å²) in [6.45, 7) is 4.13. The Bertz CT molecular complexity index is 1230. The highest BCUT2D eigenvalue weighted by Gasteiger charge is 2.34. The summed E-state index contributed by atoms with van der Waals surface area (Å²) in [5.41, 5.74) is 4.41. The van der Waals surface area contributed by atoms with Crippen molar-refractivity contribution < 1.29 is 9.53 Å². The average molecular weight is 440 g/mol. The van der Waals surface area contributed by atoms with Gasteiger partial charge in [0.05, 0.1) is 17.6 Å². The fraction of sp³-hybridized carbons (Fsp3) is 0.286. The summed E-state index contributed by atoms with van der Waals surface area (Å²) in [6, 6.07) is 26.7. The number of nitrogens with zero attached hydrogens (tertiary/aromatic N) is 3. The van der Waals surface area contributed by atoms with E-state index >= 15 is 0 Å². The predicted octanol–water partition coefficient (Wildman–Crippen LogP) is 5.59. The lowest BCUT2D eigenvalue weighted by molar-refractivity contribution is -0.117. The predicted molar refractivity (Wildman–Crippen MR) is 132 cm³/mol. The molecule has 2 heterocycles. The summed E-state index contributed by atoms with van der Waals surface area (Å²) in [7, 11) is 0. The number of benzene rings is 3. The molecule has 5 rings (SSSR count). The molecule has 0 aliphatic carbocycles. The van der Waals surface area contributed by atoms with Crippen LogP contribution in [0.1, 0.15) is 37.1 Å². The lowest BCUT2D eigenvalue weighted by atomic mass is 10.1. The second-order valence-electron chi connectivity index (χ2n) is 8.53. The molecule has 0 bridgehead atoms. The number of ether oxygens (including phenoxy) is 1. The molecular formula is C28H29N3O2. The maximum atomic E-state index is 13.0. The van der Waals surface area contributed by atoms with Crippen LogP contribution < -0.4 is 9.64 Å². The van der Waals surface area contributed by atoms with E-state index in [4.69, 9.17) is 9.72 Å². The SMILES string of the molecule is CCOc1ccc(N2C[C@@H](c3nc4ccccc4n3CCCc3ccccc3)CC2=O)cc1. The van der Waals surface area contributed by atoms with Gasteiger partial charge in [-0.25, -0.2) is 4.98 Å². The molecular weight excluding hydrogens is 410 g/mol. The minimum absolute atomic E-state index is 0.0770. The molecule has 1 saturated heterocycles. The average Bonchev–Trinajstić information content (AvgIpc) is 3.41. The van der Waals surface area contributed by atoms with Crippen LogP contribution >= 0.6 is 0 Å². The third kappa shape index (κ3) is 4.49. The second-order valence-corrected chi connectivity index (χ2v) is 8.53. The number of aryl methyl sites for hydroxylation is 2. The van der Waals surface area contributed by atoms with Crippen molar-refractivity contribution in [3.63, 3.8) is 0 Å². The largest absolute Gasteiger partial charge is 0.494 e. The number of aromatic nitrogens is 2. The van der Waals surface area contributed by atoms with Crippen LogP contribution in [0.15, 0.2) is 78.9 Å². The van der Waals surface area contributed by atoms with E-state index in [9.17, 15) is 4.79 Å². The van der Waals surface area contributed by atoms with Crippen LogP contribution in [-0.4, -0.2) is 28.6 Å². The van der Waals surface area contributed by atoms with Gasteiger partial charge in [0.15, 0.2) is 0 Å². The number of anilines is 1. The number of rotatable bonds is 8. The Labute approximate surface area is 194 Å². The number of hydrogen-bond acceptors (Lipinski definition) is 3. The van der Waals surface area contributed by atoms with Crippen molar-refractivity contribution in [1.82, 2.24) is 9.55 Å². The Kier molecular flexibility index (Phi) is 6.11. The summed E-state index contributed by atoms with van der Waals surface area (Å²) in [5.74, 6) is 2.07. The normalized spacial score (nSPS) is 16.0. The summed E-state index contributed by atoms with van der Waals surface area (Å²) in [6.07, 6.45) is 2.53. The van der Waals surface area contributed by atoms with Gasteiger partial charge >= 0.3 is 0 Å². The number of amides is 1. The summed E-state index contributed by atoms with van der Waals surface area (Å²) in [4.78, 5) is 19.8. The van der Waals surface area contributed by atoms with Gasteiger partial charge in [-0.3, -0.25) is 4.79 Å². The molecule has 0 saturated carbocycles. The smallest absolute Gasteiger partial charge is 0.227 e. The second kappa shape index (κ2) is 9.49. The molecule has 5 nitrogen and oxygen atoms in total. The van der Waals surface area contributed by atoms with Gasteiger partial charge in [-0.05, 0) is 61.7 Å². The van der Waals surface area contributed by atoms with Crippen LogP contribution in [0.3, 0.4) is 0 Å². The minimum Gasteiger partial charge on any atom is -0.494 e. The first-order chi connectivity index (χ1) is 16.2. The van der Waals surface area contributed by atoms with Crippen LogP contribution in [-0.2, 0) is 17.8 Å². The summed E-state index contributed by atoms with van der Waals surface area (Å²) in [5, 5.41) is 0. The van der Waals surface area contributed by atoms with E-state index in [1.54, 1.807) is 0 Å². The van der Waals surface area contributed by atoms with Gasteiger partial charge < -0.3 is 14.2 Å². The van der Waals surface area contributed by atoms with Crippen molar-refractivity contribution in [3.8, 4) is 5.75 Å². The van der Waals surface area contributed by atoms with Crippen LogP contribution in [0, 0.1) is 0 Å². The fourth-order valence-electron chi connectivity index (χ4n) is 4.75. The zero-order valence-corrected chi connectivity index (χ0v) is 19.0. The Morgan fingerprint density at radius 3 is 2.52 bits per heavy atom. The molecule has 1 fully saturated rings. The van der Waals surface area contributed by atoms with Gasteiger partial charge in [0, 0.05) is 31.1 Å². The molecule has 1 amide bonds. The monoisotopic (exact) mass is 439 g/mol. The standard InChI is InChI=1S/C28H29N3O2/c1-2-33-24-16-14-23(15-17-24)31-20-22(19-27(31)32)28-29-25-12-6-7-13-26(25)30(28)18-8-11-21-9-4-3-5-10-21/h3-7,9-10,12-17,22H,2,8,11,18-20H2,1H3/t22-/m0/s1. The fourth-order valence-corrected chi connectivity index (χ4v) is 4.75. The first-order valence-electron chi connectivity index (χ1n) is 11.7. The van der Waals surface area contributed by atoms with Crippen molar-refractivity contribution >= 4 is 22.6 Å². The number of carbonyl (C=O) groups is 1. The Morgan fingerprint density at radius 2 is 1.73 bits per heavy atom. The van der Waals surface area contributed by atoms with Crippen molar-refractivity contribution in [3.05, 3.63) is 90.3 Å². The molecule has 0 radical (unpaired) electrons. The Hall–Kier alpha value is -3.60. The third-order valence-electron chi connectivity index (χ3n) is 6.32. The molecule has 0 unspecified atom stereocenters. The van der Waals surface area contributed by atoms with Crippen LogP contribution in [0.5, 0.6) is 5.75 Å². The molecule has 1 aromatic heterocycles. The van der Waals surface area contributed by atoms with E-state index in [-0.39, 0.29) is 11.8 Å². The lowest BCUT2D eigenvalue weighted by Crippen LogP contribution is -2.24. The topological polar surface area (TPSA) is 47.4 Å². The molecule has 4 aromatic rings. The highest BCUT2D eigenvalue weighted by molar-refractivity contribution is 5.96. The lowest BCUT2D eigenvalue weighted by Gasteiger charge is -2.18. The van der Waals surface area contributed by atoms with Crippen molar-refractivity contribution in [2.24, 2.45) is 0 Å². The number of para-hydroxylation sites is 2. The van der Waals surface area contributed by atoms with E-state index in [1.165, 1.54) is 5.56 Å². The van der Waals surface area contributed by atoms with Gasteiger partial charge in [0.25, 0.3) is 0 Å². The zero-order chi connectivity index (χ0) is 22.6. The van der Waals surface area contributed by atoms with Gasteiger partial charge in [0.1, 0.15) is 11.6 Å². The number of carbonyl (C=O) groups excluding carboxylic acids is 1. The van der Waals surface area contributed by atoms with E-state index in [0.717, 1.165) is 47.7 Å². The number of fused-ring (bicyclic) bond motifs is 1.